The van der Waals surface area contributed by atoms with Crippen LogP contribution in [0.25, 0.3) is 0 Å². The van der Waals surface area contributed by atoms with E-state index < -0.39 is 0 Å². The molecular formula is C27H40N2O2. The highest BCUT2D eigenvalue weighted by atomic mass is 16.3. The van der Waals surface area contributed by atoms with E-state index in [1.54, 1.807) is 5.57 Å². The third-order valence-corrected chi connectivity index (χ3v) is 7.79. The summed E-state index contributed by atoms with van der Waals surface area (Å²) in [6.45, 7) is 1.98. The molecule has 2 fully saturated rings. The predicted molar refractivity (Wildman–Crippen MR) is 125 cm³/mol. The highest BCUT2D eigenvalue weighted by Gasteiger charge is 2.43. The monoisotopic (exact) mass is 424 g/mol. The van der Waals surface area contributed by atoms with Crippen LogP contribution in [0.15, 0.2) is 48.3 Å². The van der Waals surface area contributed by atoms with E-state index in [0.717, 1.165) is 38.8 Å². The van der Waals surface area contributed by atoms with E-state index in [0.29, 0.717) is 17.8 Å². The average molecular weight is 425 g/mol. The number of rotatable bonds is 11. The minimum absolute atomic E-state index is 0.215. The number of aliphatic hydroxyl groups excluding tert-OH is 2. The number of aromatic nitrogens is 1. The Balaban J connectivity index is 1.13. The lowest BCUT2D eigenvalue weighted by Gasteiger charge is -2.20. The van der Waals surface area contributed by atoms with Crippen LogP contribution in [0.3, 0.4) is 0 Å². The van der Waals surface area contributed by atoms with Crippen molar-refractivity contribution in [2.24, 2.45) is 23.7 Å². The van der Waals surface area contributed by atoms with Crippen molar-refractivity contribution in [1.82, 2.24) is 10.3 Å². The molecule has 1 aromatic rings. The van der Waals surface area contributed by atoms with E-state index in [-0.39, 0.29) is 18.1 Å². The van der Waals surface area contributed by atoms with Gasteiger partial charge >= 0.3 is 0 Å². The Morgan fingerprint density at radius 3 is 2.74 bits per heavy atom. The molecule has 31 heavy (non-hydrogen) atoms. The molecule has 4 rings (SSSR count). The summed E-state index contributed by atoms with van der Waals surface area (Å²) in [5, 5.41) is 24.6. The maximum atomic E-state index is 10.6. The minimum atomic E-state index is -0.324. The van der Waals surface area contributed by atoms with Crippen molar-refractivity contribution in [1.29, 1.82) is 0 Å². The van der Waals surface area contributed by atoms with E-state index in [4.69, 9.17) is 0 Å². The summed E-state index contributed by atoms with van der Waals surface area (Å²) in [5.74, 6) is 1.72. The number of pyridine rings is 1. The summed E-state index contributed by atoms with van der Waals surface area (Å²) >= 11 is 0. The number of hydrogen-bond donors (Lipinski definition) is 3. The molecule has 0 radical (unpaired) electrons. The van der Waals surface area contributed by atoms with Gasteiger partial charge in [-0.3, -0.25) is 4.98 Å². The van der Waals surface area contributed by atoms with Gasteiger partial charge in [0.05, 0.1) is 12.2 Å². The lowest BCUT2D eigenvalue weighted by Crippen LogP contribution is -2.20. The first-order valence-corrected chi connectivity index (χ1v) is 12.5. The molecule has 0 spiro atoms. The third-order valence-electron chi connectivity index (χ3n) is 7.79. The van der Waals surface area contributed by atoms with Crippen LogP contribution in [-0.2, 0) is 6.54 Å². The highest BCUT2D eigenvalue weighted by molar-refractivity contribution is 5.21. The number of nitrogens with zero attached hydrogens (tertiary/aromatic N) is 1. The Kier molecular flexibility index (Phi) is 8.34. The van der Waals surface area contributed by atoms with Crippen molar-refractivity contribution >= 4 is 0 Å². The molecule has 0 amide bonds. The van der Waals surface area contributed by atoms with Crippen LogP contribution < -0.4 is 5.32 Å². The lowest BCUT2D eigenvalue weighted by atomic mass is 9.88. The second-order valence-corrected chi connectivity index (χ2v) is 10.0. The molecule has 0 aromatic carbocycles. The first-order valence-electron chi connectivity index (χ1n) is 12.5. The molecule has 3 aliphatic carbocycles. The van der Waals surface area contributed by atoms with Gasteiger partial charge in [0.25, 0.3) is 0 Å². The average Bonchev–Trinajstić information content (AvgIpc) is 3.50. The summed E-state index contributed by atoms with van der Waals surface area (Å²) in [6, 6.07) is 4.12. The molecule has 4 heteroatoms. The van der Waals surface area contributed by atoms with Crippen molar-refractivity contribution in [2.45, 2.75) is 83.0 Å². The summed E-state index contributed by atoms with van der Waals surface area (Å²) in [6.07, 6.45) is 21.5. The van der Waals surface area contributed by atoms with E-state index in [1.165, 1.54) is 44.1 Å². The highest BCUT2D eigenvalue weighted by Crippen LogP contribution is 2.48. The molecule has 5 atom stereocenters. The number of aliphatic hydroxyl groups is 2. The zero-order chi connectivity index (χ0) is 21.5. The fraction of sp³-hybridized carbons (Fsp3) is 0.667. The van der Waals surface area contributed by atoms with Crippen LogP contribution >= 0.6 is 0 Å². The molecule has 1 heterocycles. The molecule has 2 saturated carbocycles. The Morgan fingerprint density at radius 2 is 1.94 bits per heavy atom. The van der Waals surface area contributed by atoms with Crippen molar-refractivity contribution < 1.29 is 10.2 Å². The molecular weight excluding hydrogens is 384 g/mol. The SMILES string of the molecule is O[C@H](C=C[C@@H]1[C@H]2CC(CCCCCNCc3ccncc3)=C[C@H]2C[C@H]1O)C1CCCC1. The number of fused-ring (bicyclic) bond motifs is 1. The van der Waals surface area contributed by atoms with Gasteiger partial charge in [-0.1, -0.05) is 43.1 Å². The Labute approximate surface area is 187 Å². The predicted octanol–water partition coefficient (Wildman–Crippen LogP) is 4.78. The van der Waals surface area contributed by atoms with Gasteiger partial charge in [-0.2, -0.15) is 0 Å². The standard InChI is InChI=1S/C27H40N2O2/c30-26(22-7-3-4-8-22)10-9-24-25-17-21(16-23(25)18-27(24)31)6-2-1-5-13-29-19-20-11-14-28-15-12-20/h9-12,14-16,22-27,29-31H,1-8,13,17-19H2/t23-,24+,25-,26+,27+/m0/s1. The molecule has 4 nitrogen and oxygen atoms in total. The van der Waals surface area contributed by atoms with Gasteiger partial charge in [-0.05, 0) is 86.9 Å². The van der Waals surface area contributed by atoms with Crippen molar-refractivity contribution in [3.63, 3.8) is 0 Å². The Hall–Kier alpha value is -1.49. The zero-order valence-electron chi connectivity index (χ0n) is 18.8. The molecule has 0 aliphatic heterocycles. The normalized spacial score (nSPS) is 29.5. The summed E-state index contributed by atoms with van der Waals surface area (Å²) in [7, 11) is 0. The number of nitrogens with one attached hydrogen (secondary N) is 1. The van der Waals surface area contributed by atoms with Gasteiger partial charge in [0, 0.05) is 24.9 Å². The fourth-order valence-corrected chi connectivity index (χ4v) is 6.00. The van der Waals surface area contributed by atoms with Crippen molar-refractivity contribution in [3.05, 3.63) is 53.9 Å². The molecule has 3 N–H and O–H groups in total. The molecule has 0 bridgehead atoms. The molecule has 1 aromatic heterocycles. The number of hydrogen-bond acceptors (Lipinski definition) is 4. The van der Waals surface area contributed by atoms with E-state index in [9.17, 15) is 10.2 Å². The quantitative estimate of drug-likeness (QED) is 0.353. The molecule has 3 aliphatic rings. The van der Waals surface area contributed by atoms with Crippen LogP contribution in [0.1, 0.15) is 69.8 Å². The van der Waals surface area contributed by atoms with Gasteiger partial charge in [0.2, 0.25) is 0 Å². The van der Waals surface area contributed by atoms with Gasteiger partial charge in [0.15, 0.2) is 0 Å². The topological polar surface area (TPSA) is 65.4 Å². The maximum absolute atomic E-state index is 10.6. The largest absolute Gasteiger partial charge is 0.392 e. The Bertz CT molecular complexity index is 726. The number of unbranched alkanes of at least 4 members (excludes halogenated alkanes) is 2. The molecule has 0 saturated heterocycles. The van der Waals surface area contributed by atoms with E-state index >= 15 is 0 Å². The van der Waals surface area contributed by atoms with Crippen molar-refractivity contribution in [2.75, 3.05) is 6.54 Å². The van der Waals surface area contributed by atoms with Crippen molar-refractivity contribution in [3.8, 4) is 0 Å². The van der Waals surface area contributed by atoms with Gasteiger partial charge < -0.3 is 15.5 Å². The minimum Gasteiger partial charge on any atom is -0.392 e. The van der Waals surface area contributed by atoms with E-state index in [2.05, 4.69) is 34.6 Å². The first-order chi connectivity index (χ1) is 15.2. The maximum Gasteiger partial charge on any atom is 0.0749 e. The second-order valence-electron chi connectivity index (χ2n) is 10.0. The summed E-state index contributed by atoms with van der Waals surface area (Å²) in [5.41, 5.74) is 2.89. The fourth-order valence-electron chi connectivity index (χ4n) is 6.00. The van der Waals surface area contributed by atoms with Crippen LogP contribution in [0.5, 0.6) is 0 Å². The van der Waals surface area contributed by atoms with Crippen LogP contribution in [0.2, 0.25) is 0 Å². The van der Waals surface area contributed by atoms with Crippen LogP contribution in [0.4, 0.5) is 0 Å². The molecule has 170 valence electrons. The van der Waals surface area contributed by atoms with E-state index in [1.807, 2.05) is 18.5 Å². The summed E-state index contributed by atoms with van der Waals surface area (Å²) < 4.78 is 0. The van der Waals surface area contributed by atoms with Crippen LogP contribution in [0, 0.1) is 23.7 Å². The third kappa shape index (κ3) is 6.27. The smallest absolute Gasteiger partial charge is 0.0749 e. The van der Waals surface area contributed by atoms with Gasteiger partial charge in [-0.15, -0.1) is 0 Å². The van der Waals surface area contributed by atoms with Gasteiger partial charge in [0.1, 0.15) is 0 Å². The number of allylic oxidation sites excluding steroid dienone is 2. The summed E-state index contributed by atoms with van der Waals surface area (Å²) in [4.78, 5) is 4.05. The van der Waals surface area contributed by atoms with Gasteiger partial charge in [-0.25, -0.2) is 0 Å². The first kappa shape index (κ1) is 22.7. The molecule has 0 unspecified atom stereocenters. The lowest BCUT2D eigenvalue weighted by molar-refractivity contribution is 0.135. The van der Waals surface area contributed by atoms with Crippen LogP contribution in [-0.4, -0.2) is 33.9 Å². The Morgan fingerprint density at radius 1 is 1.13 bits per heavy atom. The zero-order valence-corrected chi connectivity index (χ0v) is 18.8. The second kappa shape index (κ2) is 11.4.